The molecule has 1 amide bonds. The fourth-order valence-electron chi connectivity index (χ4n) is 3.69. The van der Waals surface area contributed by atoms with E-state index >= 15 is 0 Å². The van der Waals surface area contributed by atoms with Crippen LogP contribution in [0.2, 0.25) is 0 Å². The maximum atomic E-state index is 13.2. The number of nitrogens with zero attached hydrogens (tertiary/aromatic N) is 3. The van der Waals surface area contributed by atoms with Crippen LogP contribution < -0.4 is 9.47 Å². The molecule has 0 N–H and O–H groups in total. The lowest BCUT2D eigenvalue weighted by molar-refractivity contribution is -0.129. The third kappa shape index (κ3) is 3.72. The van der Waals surface area contributed by atoms with Crippen molar-refractivity contribution in [1.82, 2.24) is 15.0 Å². The van der Waals surface area contributed by atoms with Crippen molar-refractivity contribution >= 4 is 5.91 Å². The van der Waals surface area contributed by atoms with E-state index in [1.54, 1.807) is 49.5 Å². The summed E-state index contributed by atoms with van der Waals surface area (Å²) < 4.78 is 29.3. The van der Waals surface area contributed by atoms with E-state index in [1.807, 2.05) is 6.92 Å². The fourth-order valence-corrected chi connectivity index (χ4v) is 3.69. The number of carbonyl (C=O) groups excluding carboxylic acids is 1. The van der Waals surface area contributed by atoms with Crippen molar-refractivity contribution in [1.29, 1.82) is 0 Å². The zero-order valence-electron chi connectivity index (χ0n) is 17.0. The molecule has 0 spiro atoms. The molecule has 1 aromatic heterocycles. The maximum Gasteiger partial charge on any atom is 0.261 e. The summed E-state index contributed by atoms with van der Waals surface area (Å²) in [5.41, 5.74) is 1.53. The molecule has 1 saturated heterocycles. The van der Waals surface area contributed by atoms with Gasteiger partial charge in [0.25, 0.3) is 5.89 Å². The zero-order chi connectivity index (χ0) is 21.3. The lowest BCUT2D eigenvalue weighted by Crippen LogP contribution is -2.28. The molecule has 8 heteroatoms. The average molecular weight is 411 g/mol. The summed E-state index contributed by atoms with van der Waals surface area (Å²) in [7, 11) is 3.13. The van der Waals surface area contributed by atoms with E-state index in [1.165, 1.54) is 12.1 Å². The number of aromatic nitrogens is 2. The highest BCUT2D eigenvalue weighted by Crippen LogP contribution is 2.36. The van der Waals surface area contributed by atoms with Crippen molar-refractivity contribution in [2.75, 3.05) is 20.8 Å². The van der Waals surface area contributed by atoms with Gasteiger partial charge in [0.05, 0.1) is 25.8 Å². The molecular weight excluding hydrogens is 389 g/mol. The standard InChI is InChI=1S/C22H22FN3O4/c1-13(14-4-6-16(23)7-5-14)26-12-15(10-20(26)27)21-24-22(30-25-21)18-9-8-17(28-2)11-19(18)29-3/h4-9,11,13,15H,10,12H2,1-3H3. The highest BCUT2D eigenvalue weighted by atomic mass is 19.1. The molecule has 0 bridgehead atoms. The van der Waals surface area contributed by atoms with Crippen molar-refractivity contribution in [3.8, 4) is 23.0 Å². The highest BCUT2D eigenvalue weighted by molar-refractivity contribution is 5.80. The Morgan fingerprint density at radius 1 is 1.17 bits per heavy atom. The van der Waals surface area contributed by atoms with Gasteiger partial charge in [-0.25, -0.2) is 4.39 Å². The van der Waals surface area contributed by atoms with Gasteiger partial charge in [-0.05, 0) is 36.8 Å². The first-order valence-corrected chi connectivity index (χ1v) is 9.61. The summed E-state index contributed by atoms with van der Waals surface area (Å²) >= 11 is 0. The Morgan fingerprint density at radius 3 is 2.63 bits per heavy atom. The highest BCUT2D eigenvalue weighted by Gasteiger charge is 2.36. The lowest BCUT2D eigenvalue weighted by atomic mass is 10.1. The number of halogens is 1. The van der Waals surface area contributed by atoms with E-state index in [9.17, 15) is 9.18 Å². The molecule has 2 atom stereocenters. The molecule has 1 fully saturated rings. The first kappa shape index (κ1) is 19.9. The first-order chi connectivity index (χ1) is 14.5. The molecule has 2 aromatic carbocycles. The van der Waals surface area contributed by atoms with Gasteiger partial charge in [-0.2, -0.15) is 4.98 Å². The van der Waals surface area contributed by atoms with Gasteiger partial charge in [-0.15, -0.1) is 0 Å². The number of methoxy groups -OCH3 is 2. The number of amides is 1. The average Bonchev–Trinajstić information content (AvgIpc) is 3.40. The summed E-state index contributed by atoms with van der Waals surface area (Å²) in [4.78, 5) is 18.9. The van der Waals surface area contributed by atoms with Crippen molar-refractivity contribution in [2.24, 2.45) is 0 Å². The third-order valence-corrected chi connectivity index (χ3v) is 5.42. The molecule has 1 aliphatic heterocycles. The van der Waals surface area contributed by atoms with Crippen LogP contribution in [0.5, 0.6) is 11.5 Å². The van der Waals surface area contributed by atoms with Gasteiger partial charge in [0.2, 0.25) is 5.91 Å². The molecule has 0 radical (unpaired) electrons. The Hall–Kier alpha value is -3.42. The second kappa shape index (κ2) is 8.14. The number of rotatable bonds is 6. The molecule has 156 valence electrons. The molecule has 4 rings (SSSR count). The quantitative estimate of drug-likeness (QED) is 0.611. The SMILES string of the molecule is COc1ccc(-c2nc(C3CC(=O)N(C(C)c4ccc(F)cc4)C3)no2)c(OC)c1. The summed E-state index contributed by atoms with van der Waals surface area (Å²) in [6.45, 7) is 2.40. The Labute approximate surface area is 173 Å². The summed E-state index contributed by atoms with van der Waals surface area (Å²) in [6, 6.07) is 11.3. The predicted molar refractivity (Wildman–Crippen MR) is 107 cm³/mol. The zero-order valence-corrected chi connectivity index (χ0v) is 17.0. The second-order valence-electron chi connectivity index (χ2n) is 7.20. The molecule has 2 unspecified atom stereocenters. The van der Waals surface area contributed by atoms with Gasteiger partial charge in [0.1, 0.15) is 17.3 Å². The Balaban J connectivity index is 1.53. The van der Waals surface area contributed by atoms with E-state index in [2.05, 4.69) is 10.1 Å². The van der Waals surface area contributed by atoms with Crippen LogP contribution >= 0.6 is 0 Å². The Bertz CT molecular complexity index is 1050. The number of carbonyl (C=O) groups is 1. The predicted octanol–water partition coefficient (Wildman–Crippen LogP) is 3.97. The number of likely N-dealkylation sites (tertiary alicyclic amines) is 1. The monoisotopic (exact) mass is 411 g/mol. The van der Waals surface area contributed by atoms with Crippen LogP contribution in [0.4, 0.5) is 4.39 Å². The topological polar surface area (TPSA) is 77.7 Å². The Kier molecular flexibility index (Phi) is 5.39. The largest absolute Gasteiger partial charge is 0.497 e. The second-order valence-corrected chi connectivity index (χ2v) is 7.20. The van der Waals surface area contributed by atoms with Crippen LogP contribution in [0.25, 0.3) is 11.5 Å². The molecule has 1 aliphatic rings. The Morgan fingerprint density at radius 2 is 1.93 bits per heavy atom. The maximum absolute atomic E-state index is 13.2. The number of ether oxygens (including phenoxy) is 2. The van der Waals surface area contributed by atoms with E-state index in [0.717, 1.165) is 5.56 Å². The summed E-state index contributed by atoms with van der Waals surface area (Å²) in [5, 5.41) is 4.10. The van der Waals surface area contributed by atoms with Gasteiger partial charge in [-0.1, -0.05) is 17.3 Å². The van der Waals surface area contributed by atoms with Crippen LogP contribution in [-0.2, 0) is 4.79 Å². The van der Waals surface area contributed by atoms with E-state index in [-0.39, 0.29) is 23.7 Å². The minimum atomic E-state index is -0.301. The van der Waals surface area contributed by atoms with Gasteiger partial charge in [-0.3, -0.25) is 4.79 Å². The van der Waals surface area contributed by atoms with Gasteiger partial charge in [0.15, 0.2) is 5.82 Å². The van der Waals surface area contributed by atoms with Crippen molar-refractivity contribution in [3.63, 3.8) is 0 Å². The van der Waals surface area contributed by atoms with Crippen LogP contribution in [0.15, 0.2) is 47.0 Å². The third-order valence-electron chi connectivity index (χ3n) is 5.42. The molecule has 3 aromatic rings. The lowest BCUT2D eigenvalue weighted by Gasteiger charge is -2.25. The summed E-state index contributed by atoms with van der Waals surface area (Å²) in [6.07, 6.45) is 0.296. The molecule has 2 heterocycles. The minimum absolute atomic E-state index is 0.00482. The van der Waals surface area contributed by atoms with Crippen LogP contribution in [0.3, 0.4) is 0 Å². The molecule has 0 aliphatic carbocycles. The first-order valence-electron chi connectivity index (χ1n) is 9.61. The molecule has 0 saturated carbocycles. The van der Waals surface area contributed by atoms with Gasteiger partial charge in [0, 0.05) is 24.9 Å². The van der Waals surface area contributed by atoms with Crippen molar-refractivity contribution in [3.05, 3.63) is 59.7 Å². The minimum Gasteiger partial charge on any atom is -0.497 e. The van der Waals surface area contributed by atoms with Crippen LogP contribution in [0.1, 0.15) is 36.7 Å². The van der Waals surface area contributed by atoms with Crippen molar-refractivity contribution in [2.45, 2.75) is 25.3 Å². The smallest absolute Gasteiger partial charge is 0.261 e. The molecule has 7 nitrogen and oxygen atoms in total. The molecule has 30 heavy (non-hydrogen) atoms. The van der Waals surface area contributed by atoms with E-state index < -0.39 is 0 Å². The summed E-state index contributed by atoms with van der Waals surface area (Å²) in [5.74, 6) is 1.53. The van der Waals surface area contributed by atoms with E-state index in [4.69, 9.17) is 14.0 Å². The number of hydrogen-bond acceptors (Lipinski definition) is 6. The molecular formula is C22H22FN3O4. The number of benzene rings is 2. The van der Waals surface area contributed by atoms with E-state index in [0.29, 0.717) is 41.7 Å². The van der Waals surface area contributed by atoms with Crippen LogP contribution in [-0.4, -0.2) is 41.7 Å². The fraction of sp³-hybridized carbons (Fsp3) is 0.318. The van der Waals surface area contributed by atoms with Gasteiger partial charge >= 0.3 is 0 Å². The number of hydrogen-bond donors (Lipinski definition) is 0. The van der Waals surface area contributed by atoms with Crippen molar-refractivity contribution < 1.29 is 23.2 Å². The normalized spacial score (nSPS) is 17.3. The van der Waals surface area contributed by atoms with Gasteiger partial charge < -0.3 is 18.9 Å². The van der Waals surface area contributed by atoms with Crippen LogP contribution in [0, 0.1) is 5.82 Å².